The molecule has 216 valence electrons. The summed E-state index contributed by atoms with van der Waals surface area (Å²) >= 11 is 12.3. The van der Waals surface area contributed by atoms with Crippen LogP contribution in [0.4, 0.5) is 0 Å². The van der Waals surface area contributed by atoms with Gasteiger partial charge in [0, 0.05) is 24.7 Å². The zero-order valence-electron chi connectivity index (χ0n) is 22.4. The minimum atomic E-state index is -0.778. The van der Waals surface area contributed by atoms with Crippen molar-refractivity contribution in [3.05, 3.63) is 70.2 Å². The number of carbonyl (C=O) groups is 5. The highest BCUT2D eigenvalue weighted by atomic mass is 35.5. The zero-order valence-corrected chi connectivity index (χ0v) is 23.9. The molecule has 0 radical (unpaired) electrons. The highest BCUT2D eigenvalue weighted by Crippen LogP contribution is 2.34. The van der Waals surface area contributed by atoms with Gasteiger partial charge in [0.15, 0.2) is 11.5 Å². The van der Waals surface area contributed by atoms with E-state index in [-0.39, 0.29) is 49.0 Å². The number of rotatable bonds is 14. The Labute approximate surface area is 246 Å². The van der Waals surface area contributed by atoms with Crippen LogP contribution in [0.3, 0.4) is 0 Å². The summed E-state index contributed by atoms with van der Waals surface area (Å²) in [7, 11) is 0. The van der Waals surface area contributed by atoms with Crippen LogP contribution in [-0.4, -0.2) is 52.3 Å². The Balaban J connectivity index is 1.47. The Hall–Kier alpha value is -4.02. The molecule has 0 aliphatic carbocycles. The van der Waals surface area contributed by atoms with E-state index in [1.54, 1.807) is 30.3 Å². The third-order valence-electron chi connectivity index (χ3n) is 6.14. The summed E-state index contributed by atoms with van der Waals surface area (Å²) in [4.78, 5) is 65.7. The number of Topliss-reactive ketones (excluding diaryl/α,β-unsaturated/α-hetero) is 3. The summed E-state index contributed by atoms with van der Waals surface area (Å²) in [6.45, 7) is 2.17. The van der Waals surface area contributed by atoms with Crippen molar-refractivity contribution in [2.75, 3.05) is 13.1 Å². The van der Waals surface area contributed by atoms with Crippen molar-refractivity contribution in [2.24, 2.45) is 11.8 Å². The summed E-state index contributed by atoms with van der Waals surface area (Å²) in [5.74, 6) is -3.60. The third kappa shape index (κ3) is 9.26. The Bertz CT molecular complexity index is 1420. The molecule has 0 bridgehead atoms. The van der Waals surface area contributed by atoms with Crippen LogP contribution < -0.4 is 10.6 Å². The summed E-state index contributed by atoms with van der Waals surface area (Å²) in [5, 5.41) is 15.1. The Kier molecular flexibility index (Phi) is 11.2. The van der Waals surface area contributed by atoms with Crippen LogP contribution in [0, 0.1) is 11.8 Å². The van der Waals surface area contributed by atoms with Gasteiger partial charge in [-0.3, -0.25) is 19.2 Å². The highest BCUT2D eigenvalue weighted by molar-refractivity contribution is 6.39. The van der Waals surface area contributed by atoms with Gasteiger partial charge in [0.1, 0.15) is 11.5 Å². The quantitative estimate of drug-likeness (QED) is 0.232. The predicted octanol–water partition coefficient (Wildman–Crippen LogP) is 4.20. The lowest BCUT2D eigenvalue weighted by molar-refractivity contribution is -0.131. The van der Waals surface area contributed by atoms with Crippen molar-refractivity contribution >= 4 is 52.4 Å². The maximum absolute atomic E-state index is 12.7. The van der Waals surface area contributed by atoms with Crippen molar-refractivity contribution in [3.8, 4) is 17.1 Å². The number of carbonyl (C=O) groups excluding carboxylic acids is 5. The summed E-state index contributed by atoms with van der Waals surface area (Å²) < 4.78 is 5.48. The smallest absolute Gasteiger partial charge is 0.265 e. The molecule has 0 unspecified atom stereocenters. The number of phenols is 1. The molecular weight excluding hydrogens is 573 g/mol. The van der Waals surface area contributed by atoms with Gasteiger partial charge >= 0.3 is 0 Å². The van der Waals surface area contributed by atoms with E-state index in [0.29, 0.717) is 15.6 Å². The number of oxazole rings is 1. The largest absolute Gasteiger partial charge is 0.508 e. The minimum absolute atomic E-state index is 0.00875. The fourth-order valence-electron chi connectivity index (χ4n) is 4.03. The van der Waals surface area contributed by atoms with Crippen LogP contribution in [0.2, 0.25) is 10.0 Å². The highest BCUT2D eigenvalue weighted by Gasteiger charge is 2.24. The van der Waals surface area contributed by atoms with Gasteiger partial charge in [0.05, 0.1) is 34.9 Å². The van der Waals surface area contributed by atoms with E-state index >= 15 is 0 Å². The first-order chi connectivity index (χ1) is 19.4. The van der Waals surface area contributed by atoms with Crippen LogP contribution in [0.5, 0.6) is 5.75 Å². The average molecular weight is 602 g/mol. The second kappa shape index (κ2) is 14.6. The Morgan fingerprint density at radius 3 is 2.20 bits per heavy atom. The molecule has 0 fully saturated rings. The van der Waals surface area contributed by atoms with E-state index in [4.69, 9.17) is 27.6 Å². The van der Waals surface area contributed by atoms with E-state index < -0.39 is 41.8 Å². The number of hydrogen-bond donors (Lipinski definition) is 3. The molecule has 10 nitrogen and oxygen atoms in total. The van der Waals surface area contributed by atoms with Gasteiger partial charge < -0.3 is 25.0 Å². The molecule has 0 saturated carbocycles. The molecule has 2 amide bonds. The van der Waals surface area contributed by atoms with Crippen molar-refractivity contribution in [1.82, 2.24) is 15.6 Å². The zero-order chi connectivity index (χ0) is 30.1. The molecule has 1 heterocycles. The van der Waals surface area contributed by atoms with Gasteiger partial charge in [-0.05, 0) is 43.2 Å². The van der Waals surface area contributed by atoms with Crippen molar-refractivity contribution < 1.29 is 33.5 Å². The molecule has 3 rings (SSSR count). The van der Waals surface area contributed by atoms with E-state index in [1.165, 1.54) is 32.2 Å². The standard InChI is InChI=1S/C29H29Cl2N3O7/c1-16(10-21(37)13-32-28(40)19(11-17(2)35)12-18-6-8-20(36)9-7-18)27(39)33-14-24(38)29-34-15-25(41-29)26-22(30)4-3-5-23(26)31/h3-9,15-16,19,36H,10-14H2,1-2H3,(H,32,40)(H,33,39)/t16-,19+/m1/s1. The van der Waals surface area contributed by atoms with Crippen LogP contribution >= 0.6 is 23.2 Å². The first-order valence-corrected chi connectivity index (χ1v) is 13.5. The van der Waals surface area contributed by atoms with Crippen LogP contribution in [0.1, 0.15) is 42.9 Å². The number of amides is 2. The second-order valence-corrected chi connectivity index (χ2v) is 10.4. The number of aromatic nitrogens is 1. The molecule has 1 aromatic heterocycles. The van der Waals surface area contributed by atoms with Crippen molar-refractivity contribution in [3.63, 3.8) is 0 Å². The maximum atomic E-state index is 12.7. The maximum Gasteiger partial charge on any atom is 0.265 e. The number of aromatic hydroxyl groups is 1. The lowest BCUT2D eigenvalue weighted by Crippen LogP contribution is -2.38. The molecular formula is C29H29Cl2N3O7. The number of ketones is 3. The van der Waals surface area contributed by atoms with Crippen molar-refractivity contribution in [1.29, 1.82) is 0 Å². The summed E-state index contributed by atoms with van der Waals surface area (Å²) in [6.07, 6.45) is 1.38. The first-order valence-electron chi connectivity index (χ1n) is 12.7. The molecule has 2 aromatic carbocycles. The minimum Gasteiger partial charge on any atom is -0.508 e. The van der Waals surface area contributed by atoms with Crippen LogP contribution in [0.25, 0.3) is 11.3 Å². The Morgan fingerprint density at radius 1 is 0.927 bits per heavy atom. The lowest BCUT2D eigenvalue weighted by atomic mass is 9.93. The summed E-state index contributed by atoms with van der Waals surface area (Å²) in [5.41, 5.74) is 1.14. The summed E-state index contributed by atoms with van der Waals surface area (Å²) in [6, 6.07) is 11.2. The monoisotopic (exact) mass is 601 g/mol. The topological polar surface area (TPSA) is 156 Å². The predicted molar refractivity (Wildman–Crippen MR) is 152 cm³/mol. The molecule has 0 saturated heterocycles. The van der Waals surface area contributed by atoms with E-state index in [9.17, 15) is 29.1 Å². The first kappa shape index (κ1) is 31.5. The molecule has 2 atom stereocenters. The fraction of sp³-hybridized carbons (Fsp3) is 0.310. The van der Waals surface area contributed by atoms with Crippen LogP contribution in [-0.2, 0) is 25.6 Å². The van der Waals surface area contributed by atoms with E-state index in [2.05, 4.69) is 15.6 Å². The van der Waals surface area contributed by atoms with Crippen LogP contribution in [0.15, 0.2) is 53.1 Å². The molecule has 3 N–H and O–H groups in total. The van der Waals surface area contributed by atoms with Gasteiger partial charge in [0.2, 0.25) is 17.6 Å². The number of halogens is 2. The average Bonchev–Trinajstić information content (AvgIpc) is 3.40. The van der Waals surface area contributed by atoms with E-state index in [0.717, 1.165) is 5.56 Å². The SMILES string of the molecule is CC(=O)C[C@@H](Cc1ccc(O)cc1)C(=O)NCC(=O)C[C@@H](C)C(=O)NCC(=O)c1ncc(-c2c(Cl)cccc2Cl)o1. The van der Waals surface area contributed by atoms with E-state index in [1.807, 2.05) is 0 Å². The molecule has 3 aromatic rings. The second-order valence-electron chi connectivity index (χ2n) is 9.60. The number of benzene rings is 2. The van der Waals surface area contributed by atoms with Gasteiger partial charge in [-0.25, -0.2) is 4.98 Å². The van der Waals surface area contributed by atoms with Gasteiger partial charge in [-0.1, -0.05) is 48.3 Å². The number of hydrogen-bond acceptors (Lipinski definition) is 8. The Morgan fingerprint density at radius 2 is 1.56 bits per heavy atom. The van der Waals surface area contributed by atoms with Gasteiger partial charge in [-0.2, -0.15) is 0 Å². The lowest BCUT2D eigenvalue weighted by Gasteiger charge is -2.16. The molecule has 12 heteroatoms. The third-order valence-corrected chi connectivity index (χ3v) is 6.77. The number of nitrogens with one attached hydrogen (secondary N) is 2. The van der Waals surface area contributed by atoms with Gasteiger partial charge in [-0.15, -0.1) is 0 Å². The normalized spacial score (nSPS) is 12.3. The molecule has 0 aliphatic rings. The molecule has 0 aliphatic heterocycles. The molecule has 41 heavy (non-hydrogen) atoms. The fourth-order valence-corrected chi connectivity index (χ4v) is 4.61. The van der Waals surface area contributed by atoms with Crippen molar-refractivity contribution in [2.45, 2.75) is 33.1 Å². The van der Waals surface area contributed by atoms with Gasteiger partial charge in [0.25, 0.3) is 5.89 Å². The number of phenolic OH excluding ortho intramolecular Hbond substituents is 1. The molecule has 0 spiro atoms. The number of nitrogens with zero attached hydrogens (tertiary/aromatic N) is 1.